The Labute approximate surface area is 169 Å². The van der Waals surface area contributed by atoms with Gasteiger partial charge in [0.25, 0.3) is 0 Å². The van der Waals surface area contributed by atoms with E-state index in [1.54, 1.807) is 29.2 Å². The van der Waals surface area contributed by atoms with Crippen LogP contribution in [-0.2, 0) is 19.5 Å². The summed E-state index contributed by atoms with van der Waals surface area (Å²) in [4.78, 5) is 19.9. The van der Waals surface area contributed by atoms with Crippen LogP contribution in [0.3, 0.4) is 0 Å². The zero-order valence-corrected chi connectivity index (χ0v) is 17.5. The predicted molar refractivity (Wildman–Crippen MR) is 105 cm³/mol. The summed E-state index contributed by atoms with van der Waals surface area (Å²) in [5.41, 5.74) is 1.11. The van der Waals surface area contributed by atoms with Crippen LogP contribution in [0.4, 0.5) is 8.78 Å². The lowest BCUT2D eigenvalue weighted by atomic mass is 9.85. The molecule has 0 saturated carbocycles. The van der Waals surface area contributed by atoms with Crippen LogP contribution < -0.4 is 0 Å². The van der Waals surface area contributed by atoms with Crippen LogP contribution in [0.15, 0.2) is 34.3 Å². The zero-order valence-electron chi connectivity index (χ0n) is 16.7. The minimum absolute atomic E-state index is 0.0976. The zero-order chi connectivity index (χ0) is 21.3. The van der Waals surface area contributed by atoms with E-state index in [2.05, 4.69) is 5.16 Å². The number of likely N-dealkylation sites (tertiary alicyclic amines) is 1. The quantitative estimate of drug-likeness (QED) is 0.696. The number of hydrogen-bond donors (Lipinski definition) is 0. The molecule has 2 aliphatic rings. The molecule has 9 heteroatoms. The number of carbonyl (C=O) groups excluding carboxylic acids is 1. The molecule has 1 fully saturated rings. The third-order valence-electron chi connectivity index (χ3n) is 5.49. The van der Waals surface area contributed by atoms with Crippen LogP contribution in [0.25, 0.3) is 0 Å². The number of hydrogen-bond acceptors (Lipinski definition) is 5. The van der Waals surface area contributed by atoms with Gasteiger partial charge in [0.15, 0.2) is 9.84 Å². The van der Waals surface area contributed by atoms with E-state index in [0.29, 0.717) is 32.4 Å². The fourth-order valence-electron chi connectivity index (χ4n) is 3.71. The molecule has 29 heavy (non-hydrogen) atoms. The molecule has 1 aromatic carbocycles. The molecular formula is C20H26F2N2O4S. The lowest BCUT2D eigenvalue weighted by molar-refractivity contribution is -0.137. The molecular weight excluding hydrogens is 402 g/mol. The maximum Gasteiger partial charge on any atom is 0.245 e. The minimum atomic E-state index is -3.25. The Balaban J connectivity index is 1.52. The van der Waals surface area contributed by atoms with Gasteiger partial charge >= 0.3 is 0 Å². The molecule has 0 atom stereocenters. The number of alkyl halides is 2. The Kier molecular flexibility index (Phi) is 5.98. The summed E-state index contributed by atoms with van der Waals surface area (Å²) in [5, 5.41) is 4.20. The van der Waals surface area contributed by atoms with E-state index >= 15 is 0 Å². The van der Waals surface area contributed by atoms with Crippen LogP contribution in [-0.4, -0.2) is 55.8 Å². The van der Waals surface area contributed by atoms with Crippen LogP contribution in [0.2, 0.25) is 0 Å². The fourth-order valence-corrected chi connectivity index (χ4v) is 4.34. The van der Waals surface area contributed by atoms with Gasteiger partial charge in [-0.2, -0.15) is 0 Å². The summed E-state index contributed by atoms with van der Waals surface area (Å²) < 4.78 is 48.9. The monoisotopic (exact) mass is 428 g/mol. The molecule has 1 amide bonds. The molecule has 1 saturated heterocycles. The molecule has 2 heterocycles. The topological polar surface area (TPSA) is 76.0 Å². The number of halogens is 2. The van der Waals surface area contributed by atoms with Crippen molar-refractivity contribution in [2.75, 3.05) is 19.3 Å². The van der Waals surface area contributed by atoms with Gasteiger partial charge in [0.1, 0.15) is 5.60 Å². The van der Waals surface area contributed by atoms with Crippen molar-refractivity contribution in [2.45, 2.75) is 61.9 Å². The van der Waals surface area contributed by atoms with E-state index in [4.69, 9.17) is 4.84 Å². The highest BCUT2D eigenvalue weighted by molar-refractivity contribution is 7.90. The van der Waals surface area contributed by atoms with E-state index in [1.165, 1.54) is 0 Å². The lowest BCUT2D eigenvalue weighted by Gasteiger charge is -2.37. The molecule has 160 valence electrons. The molecule has 0 aromatic heterocycles. The van der Waals surface area contributed by atoms with E-state index in [1.807, 2.05) is 0 Å². The molecule has 1 aromatic rings. The Hall–Kier alpha value is -2.03. The Bertz CT molecular complexity index is 884. The number of sulfone groups is 1. The number of benzene rings is 1. The van der Waals surface area contributed by atoms with E-state index in [9.17, 15) is 22.0 Å². The number of piperidine rings is 1. The van der Waals surface area contributed by atoms with Crippen molar-refractivity contribution in [1.82, 2.24) is 4.90 Å². The SMILES string of the molecule is CC(F)(F)CCCC(=O)N1CCC2(CC1)CC(c1ccc(S(C)(=O)=O)cc1)=NO2. The summed E-state index contributed by atoms with van der Waals surface area (Å²) in [5.74, 6) is -2.84. The van der Waals surface area contributed by atoms with E-state index in [0.717, 1.165) is 24.5 Å². The Morgan fingerprint density at radius 2 is 1.86 bits per heavy atom. The normalized spacial score (nSPS) is 19.2. The molecule has 3 rings (SSSR count). The van der Waals surface area contributed by atoms with Gasteiger partial charge in [-0.25, -0.2) is 17.2 Å². The standard InChI is InChI=1S/C20H26F2N2O4S/c1-19(21,22)9-3-4-18(25)24-12-10-20(11-13-24)14-17(23-28-20)15-5-7-16(8-6-15)29(2,26)27/h5-8H,3-4,9-14H2,1-2H3. The third-order valence-corrected chi connectivity index (χ3v) is 6.62. The van der Waals surface area contributed by atoms with Crippen LogP contribution >= 0.6 is 0 Å². The largest absolute Gasteiger partial charge is 0.388 e. The summed E-state index contributed by atoms with van der Waals surface area (Å²) in [7, 11) is -3.25. The maximum atomic E-state index is 12.9. The minimum Gasteiger partial charge on any atom is -0.388 e. The Morgan fingerprint density at radius 3 is 2.41 bits per heavy atom. The van der Waals surface area contributed by atoms with Crippen LogP contribution in [0.1, 0.15) is 51.0 Å². The van der Waals surface area contributed by atoms with Gasteiger partial charge in [0.2, 0.25) is 11.8 Å². The van der Waals surface area contributed by atoms with E-state index < -0.39 is 21.4 Å². The van der Waals surface area contributed by atoms with Gasteiger partial charge in [-0.05, 0) is 31.0 Å². The van der Waals surface area contributed by atoms with Crippen LogP contribution in [0.5, 0.6) is 0 Å². The lowest BCUT2D eigenvalue weighted by Crippen LogP contribution is -2.46. The first-order valence-corrected chi connectivity index (χ1v) is 11.6. The first kappa shape index (κ1) is 21.7. The smallest absolute Gasteiger partial charge is 0.245 e. The number of amides is 1. The first-order valence-electron chi connectivity index (χ1n) is 9.69. The van der Waals surface area contributed by atoms with Gasteiger partial charge in [-0.3, -0.25) is 4.79 Å². The second-order valence-electron chi connectivity index (χ2n) is 8.09. The molecule has 0 aliphatic carbocycles. The van der Waals surface area contributed by atoms with Gasteiger partial charge in [-0.1, -0.05) is 17.3 Å². The average Bonchev–Trinajstić information content (AvgIpc) is 3.04. The maximum absolute atomic E-state index is 12.9. The summed E-state index contributed by atoms with van der Waals surface area (Å²) in [6.45, 7) is 1.89. The third kappa shape index (κ3) is 5.52. The number of carbonyl (C=O) groups is 1. The van der Waals surface area contributed by atoms with Gasteiger partial charge < -0.3 is 9.74 Å². The summed E-state index contributed by atoms with van der Waals surface area (Å²) in [6.07, 6.45) is 3.03. The predicted octanol–water partition coefficient (Wildman–Crippen LogP) is 3.40. The summed E-state index contributed by atoms with van der Waals surface area (Å²) >= 11 is 0. The number of rotatable bonds is 6. The van der Waals surface area contributed by atoms with Crippen molar-refractivity contribution in [3.63, 3.8) is 0 Å². The van der Waals surface area contributed by atoms with Crippen molar-refractivity contribution < 1.29 is 26.8 Å². The molecule has 0 bridgehead atoms. The van der Waals surface area contributed by atoms with Gasteiger partial charge in [-0.15, -0.1) is 0 Å². The van der Waals surface area contributed by atoms with Crippen molar-refractivity contribution in [2.24, 2.45) is 5.16 Å². The highest BCUT2D eigenvalue weighted by Gasteiger charge is 2.43. The van der Waals surface area contributed by atoms with Crippen molar-refractivity contribution in [3.05, 3.63) is 29.8 Å². The molecule has 6 nitrogen and oxygen atoms in total. The highest BCUT2D eigenvalue weighted by atomic mass is 32.2. The first-order chi connectivity index (χ1) is 13.5. The molecule has 0 unspecified atom stereocenters. The van der Waals surface area contributed by atoms with Crippen molar-refractivity contribution in [3.8, 4) is 0 Å². The fraction of sp³-hybridized carbons (Fsp3) is 0.600. The summed E-state index contributed by atoms with van der Waals surface area (Å²) in [6, 6.07) is 6.55. The molecule has 2 aliphatic heterocycles. The second kappa shape index (κ2) is 8.01. The highest BCUT2D eigenvalue weighted by Crippen LogP contribution is 2.36. The Morgan fingerprint density at radius 1 is 1.24 bits per heavy atom. The van der Waals surface area contributed by atoms with Gasteiger partial charge in [0.05, 0.1) is 10.6 Å². The second-order valence-corrected chi connectivity index (χ2v) is 10.1. The molecule has 0 N–H and O–H groups in total. The molecule has 1 spiro atoms. The van der Waals surface area contributed by atoms with Crippen molar-refractivity contribution in [1.29, 1.82) is 0 Å². The van der Waals surface area contributed by atoms with Gasteiger partial charge in [0, 0.05) is 51.4 Å². The average molecular weight is 429 g/mol. The number of oxime groups is 1. The van der Waals surface area contributed by atoms with Crippen molar-refractivity contribution >= 4 is 21.5 Å². The van der Waals surface area contributed by atoms with E-state index in [-0.39, 0.29) is 30.1 Å². The molecule has 0 radical (unpaired) electrons. The van der Waals surface area contributed by atoms with Crippen LogP contribution in [0, 0.1) is 0 Å². The number of nitrogens with zero attached hydrogens (tertiary/aromatic N) is 2.